The number of alkyl halides is 3. The van der Waals surface area contributed by atoms with Crippen LogP contribution in [-0.2, 0) is 0 Å². The summed E-state index contributed by atoms with van der Waals surface area (Å²) in [7, 11) is 1.45. The number of ether oxygens (including phenoxy) is 2. The first-order chi connectivity index (χ1) is 8.87. The third-order valence-corrected chi connectivity index (χ3v) is 2.70. The summed E-state index contributed by atoms with van der Waals surface area (Å²) in [4.78, 5) is 0. The molecule has 0 spiro atoms. The van der Waals surface area contributed by atoms with Crippen LogP contribution in [0, 0.1) is 0 Å². The van der Waals surface area contributed by atoms with Crippen LogP contribution in [0.5, 0.6) is 11.5 Å². The van der Waals surface area contributed by atoms with Crippen LogP contribution in [0.3, 0.4) is 0 Å². The number of methoxy groups -OCH3 is 1. The first-order valence-electron chi connectivity index (χ1n) is 6.06. The summed E-state index contributed by atoms with van der Waals surface area (Å²) in [5.41, 5.74) is 6.50. The zero-order valence-electron chi connectivity index (χ0n) is 11.0. The van der Waals surface area contributed by atoms with Gasteiger partial charge in [0.2, 0.25) is 0 Å². The first kappa shape index (κ1) is 15.6. The van der Waals surface area contributed by atoms with Gasteiger partial charge >= 0.3 is 6.36 Å². The van der Waals surface area contributed by atoms with E-state index in [9.17, 15) is 13.2 Å². The molecule has 2 N–H and O–H groups in total. The Morgan fingerprint density at radius 2 is 2.00 bits per heavy atom. The predicted molar refractivity (Wildman–Crippen MR) is 66.1 cm³/mol. The van der Waals surface area contributed by atoms with Gasteiger partial charge in [0.25, 0.3) is 0 Å². The van der Waals surface area contributed by atoms with Crippen LogP contribution in [0.4, 0.5) is 13.2 Å². The highest BCUT2D eigenvalue weighted by Gasteiger charge is 2.31. The molecule has 0 bridgehead atoms. The van der Waals surface area contributed by atoms with Crippen LogP contribution in [0.15, 0.2) is 18.2 Å². The minimum Gasteiger partial charge on any atom is -0.496 e. The molecule has 1 aromatic rings. The van der Waals surface area contributed by atoms with E-state index in [-0.39, 0.29) is 11.8 Å². The lowest BCUT2D eigenvalue weighted by Crippen LogP contribution is -2.18. The minimum atomic E-state index is -4.71. The molecule has 108 valence electrons. The summed E-state index contributed by atoms with van der Waals surface area (Å²) in [6, 6.07) is 3.56. The fourth-order valence-electron chi connectivity index (χ4n) is 1.78. The van der Waals surface area contributed by atoms with E-state index in [0.717, 1.165) is 12.8 Å². The van der Waals surface area contributed by atoms with Crippen molar-refractivity contribution in [2.24, 2.45) is 5.73 Å². The van der Waals surface area contributed by atoms with E-state index in [1.54, 1.807) is 0 Å². The number of halogens is 3. The maximum Gasteiger partial charge on any atom is 0.573 e. The maximum atomic E-state index is 12.2. The van der Waals surface area contributed by atoms with Crippen molar-refractivity contribution in [1.82, 2.24) is 0 Å². The topological polar surface area (TPSA) is 44.5 Å². The van der Waals surface area contributed by atoms with E-state index in [1.807, 2.05) is 6.92 Å². The number of hydrogen-bond acceptors (Lipinski definition) is 3. The highest BCUT2D eigenvalue weighted by atomic mass is 19.4. The summed E-state index contributed by atoms with van der Waals surface area (Å²) in [5.74, 6) is 0.188. The molecule has 0 radical (unpaired) electrons. The molecule has 1 rings (SSSR count). The molecule has 0 aliphatic rings. The molecular weight excluding hydrogens is 259 g/mol. The molecule has 6 heteroatoms. The zero-order valence-corrected chi connectivity index (χ0v) is 11.0. The van der Waals surface area contributed by atoms with E-state index in [4.69, 9.17) is 10.5 Å². The summed E-state index contributed by atoms with van der Waals surface area (Å²) in [5, 5.41) is 0. The SMILES string of the molecule is CCCC[C@H](N)c1cc(OC(F)(F)F)ccc1OC. The molecule has 19 heavy (non-hydrogen) atoms. The first-order valence-corrected chi connectivity index (χ1v) is 6.06. The Morgan fingerprint density at radius 3 is 2.53 bits per heavy atom. The second-order valence-electron chi connectivity index (χ2n) is 4.20. The third kappa shape index (κ3) is 4.98. The normalized spacial score (nSPS) is 13.2. The molecule has 1 aromatic carbocycles. The summed E-state index contributed by atoms with van der Waals surface area (Å²) in [6.45, 7) is 2.02. The minimum absolute atomic E-state index is 0.282. The Morgan fingerprint density at radius 1 is 1.32 bits per heavy atom. The molecule has 0 fully saturated rings. The predicted octanol–water partition coefficient (Wildman–Crippen LogP) is 3.78. The molecule has 1 atom stereocenters. The lowest BCUT2D eigenvalue weighted by Gasteiger charge is -2.17. The van der Waals surface area contributed by atoms with Gasteiger partial charge in [0, 0.05) is 11.6 Å². The van der Waals surface area contributed by atoms with Crippen molar-refractivity contribution in [3.05, 3.63) is 23.8 Å². The van der Waals surface area contributed by atoms with Crippen molar-refractivity contribution in [2.45, 2.75) is 38.6 Å². The summed E-state index contributed by atoms with van der Waals surface area (Å²) < 4.78 is 45.5. The van der Waals surface area contributed by atoms with Gasteiger partial charge in [0.1, 0.15) is 11.5 Å². The van der Waals surface area contributed by atoms with Crippen molar-refractivity contribution in [3.8, 4) is 11.5 Å². The molecule has 0 aliphatic heterocycles. The average Bonchev–Trinajstić information content (AvgIpc) is 2.34. The van der Waals surface area contributed by atoms with Crippen molar-refractivity contribution in [1.29, 1.82) is 0 Å². The second-order valence-corrected chi connectivity index (χ2v) is 4.20. The Bertz CT molecular complexity index is 407. The summed E-state index contributed by atoms with van der Waals surface area (Å²) in [6.07, 6.45) is -2.16. The van der Waals surface area contributed by atoms with E-state index in [1.165, 1.54) is 25.3 Å². The van der Waals surface area contributed by atoms with E-state index >= 15 is 0 Å². The van der Waals surface area contributed by atoms with E-state index < -0.39 is 6.36 Å². The van der Waals surface area contributed by atoms with Gasteiger partial charge in [-0.25, -0.2) is 0 Å². The van der Waals surface area contributed by atoms with Gasteiger partial charge in [-0.15, -0.1) is 13.2 Å². The fourth-order valence-corrected chi connectivity index (χ4v) is 1.78. The van der Waals surface area contributed by atoms with Gasteiger partial charge in [-0.2, -0.15) is 0 Å². The van der Waals surface area contributed by atoms with Crippen LogP contribution in [-0.4, -0.2) is 13.5 Å². The number of nitrogens with two attached hydrogens (primary N) is 1. The zero-order chi connectivity index (χ0) is 14.5. The summed E-state index contributed by atoms with van der Waals surface area (Å²) >= 11 is 0. The lowest BCUT2D eigenvalue weighted by molar-refractivity contribution is -0.274. The van der Waals surface area contributed by atoms with Crippen molar-refractivity contribution < 1.29 is 22.6 Å². The van der Waals surface area contributed by atoms with Crippen LogP contribution < -0.4 is 15.2 Å². The number of benzene rings is 1. The highest BCUT2D eigenvalue weighted by Crippen LogP contribution is 2.32. The van der Waals surface area contributed by atoms with Gasteiger partial charge in [0.15, 0.2) is 0 Å². The van der Waals surface area contributed by atoms with Crippen molar-refractivity contribution >= 4 is 0 Å². The Kier molecular flexibility index (Phi) is 5.47. The molecule has 0 aliphatic carbocycles. The third-order valence-electron chi connectivity index (χ3n) is 2.70. The van der Waals surface area contributed by atoms with Crippen molar-refractivity contribution in [3.63, 3.8) is 0 Å². The lowest BCUT2D eigenvalue weighted by atomic mass is 10.0. The van der Waals surface area contributed by atoms with Gasteiger partial charge in [-0.3, -0.25) is 0 Å². The van der Waals surface area contributed by atoms with Crippen molar-refractivity contribution in [2.75, 3.05) is 7.11 Å². The van der Waals surface area contributed by atoms with Gasteiger partial charge in [0.05, 0.1) is 7.11 Å². The number of hydrogen-bond donors (Lipinski definition) is 1. The molecular formula is C13H18F3NO2. The Balaban J connectivity index is 2.95. The molecule has 0 unspecified atom stereocenters. The molecule has 0 saturated carbocycles. The second kappa shape index (κ2) is 6.65. The fraction of sp³-hybridized carbons (Fsp3) is 0.538. The monoisotopic (exact) mass is 277 g/mol. The van der Waals surface area contributed by atoms with Crippen LogP contribution in [0.25, 0.3) is 0 Å². The number of unbranched alkanes of at least 4 members (excludes halogenated alkanes) is 1. The quantitative estimate of drug-likeness (QED) is 0.860. The van der Waals surface area contributed by atoms with E-state index in [0.29, 0.717) is 17.7 Å². The van der Waals surface area contributed by atoms with E-state index in [2.05, 4.69) is 4.74 Å². The van der Waals surface area contributed by atoms with Crippen LogP contribution in [0.2, 0.25) is 0 Å². The molecule has 0 heterocycles. The van der Waals surface area contributed by atoms with Crippen LogP contribution >= 0.6 is 0 Å². The van der Waals surface area contributed by atoms with Gasteiger partial charge < -0.3 is 15.2 Å². The van der Waals surface area contributed by atoms with Gasteiger partial charge in [-0.1, -0.05) is 19.8 Å². The van der Waals surface area contributed by atoms with Gasteiger partial charge in [-0.05, 0) is 24.6 Å². The molecule has 0 aromatic heterocycles. The molecule has 0 saturated heterocycles. The standard InChI is InChI=1S/C13H18F3NO2/c1-3-4-5-11(17)10-8-9(19-13(14,15)16)6-7-12(10)18-2/h6-8,11H,3-5,17H2,1-2H3/t11-/m0/s1. The molecule has 0 amide bonds. The number of rotatable bonds is 6. The Labute approximate surface area is 110 Å². The largest absolute Gasteiger partial charge is 0.573 e. The average molecular weight is 277 g/mol. The molecule has 3 nitrogen and oxygen atoms in total. The van der Waals surface area contributed by atoms with Crippen LogP contribution in [0.1, 0.15) is 37.8 Å². The highest BCUT2D eigenvalue weighted by molar-refractivity contribution is 5.42. The maximum absolute atomic E-state index is 12.2. The Hall–Kier alpha value is -1.43. The smallest absolute Gasteiger partial charge is 0.496 e.